The van der Waals surface area contributed by atoms with Crippen LogP contribution in [0.15, 0.2) is 0 Å². The van der Waals surface area contributed by atoms with Gasteiger partial charge in [0.2, 0.25) is 0 Å². The third kappa shape index (κ3) is 17.4. The lowest BCUT2D eigenvalue weighted by atomic mass is 10.3. The Morgan fingerprint density at radius 2 is 0.978 bits per heavy atom. The fourth-order valence-electron chi connectivity index (χ4n) is 6.24. The van der Waals surface area contributed by atoms with E-state index in [1.807, 2.05) is 41.5 Å². The molecule has 2 fully saturated rings. The average Bonchev–Trinajstić information content (AvgIpc) is 3.00. The Morgan fingerprint density at radius 1 is 0.609 bits per heavy atom. The van der Waals surface area contributed by atoms with Gasteiger partial charge in [0, 0.05) is 78.3 Å². The molecule has 0 aromatic rings. The Hall–Kier alpha value is 0.388. The molecular weight excluding hydrogens is 661 g/mol. The summed E-state index contributed by atoms with van der Waals surface area (Å²) >= 11 is 0. The summed E-state index contributed by atoms with van der Waals surface area (Å²) in [6.45, 7) is 24.9. The van der Waals surface area contributed by atoms with Gasteiger partial charge in [0.05, 0.1) is 25.4 Å². The van der Waals surface area contributed by atoms with E-state index in [2.05, 4.69) is 22.9 Å². The minimum atomic E-state index is -2.28. The highest BCUT2D eigenvalue weighted by molar-refractivity contribution is 6.67. The first-order valence-corrected chi connectivity index (χ1v) is 26.6. The summed E-state index contributed by atoms with van der Waals surface area (Å²) in [5, 5.41) is 0. The minimum absolute atomic E-state index is 0.0236. The average molecular weight is 729 g/mol. The van der Waals surface area contributed by atoms with E-state index >= 15 is 0 Å². The van der Waals surface area contributed by atoms with E-state index in [1.165, 1.54) is 0 Å². The molecule has 0 aromatic carbocycles. The van der Waals surface area contributed by atoms with Crippen molar-refractivity contribution in [2.45, 2.75) is 91.5 Å². The predicted octanol–water partition coefficient (Wildman–Crippen LogP) is 1.46. The van der Waals surface area contributed by atoms with Gasteiger partial charge in [-0.05, 0) is 79.8 Å². The van der Waals surface area contributed by atoms with E-state index in [0.29, 0.717) is 66.1 Å². The fraction of sp³-hybridized carbons (Fsp3) is 1.00. The topological polar surface area (TPSA) is 98.8 Å². The quantitative estimate of drug-likeness (QED) is 0.0697. The Morgan fingerprint density at radius 3 is 1.30 bits per heavy atom. The summed E-state index contributed by atoms with van der Waals surface area (Å²) in [6.07, 6.45) is 5.74. The van der Waals surface area contributed by atoms with Gasteiger partial charge in [-0.25, -0.2) is 0 Å². The van der Waals surface area contributed by atoms with Crippen molar-refractivity contribution in [3.8, 4) is 0 Å². The van der Waals surface area contributed by atoms with Gasteiger partial charge in [0.15, 0.2) is 0 Å². The van der Waals surface area contributed by atoms with Crippen LogP contribution in [0.2, 0.25) is 13.1 Å². The lowest BCUT2D eigenvalue weighted by Gasteiger charge is -2.42. The number of hydrogen-bond donors (Lipinski definition) is 0. The zero-order chi connectivity index (χ0) is 33.7. The third-order valence-electron chi connectivity index (χ3n) is 7.88. The molecule has 0 saturated carbocycles. The maximum absolute atomic E-state index is 6.50. The van der Waals surface area contributed by atoms with Gasteiger partial charge in [0.1, 0.15) is 30.9 Å². The molecule has 0 radical (unpaired) electrons. The highest BCUT2D eigenvalue weighted by Gasteiger charge is 2.43. The highest BCUT2D eigenvalue weighted by Crippen LogP contribution is 2.21. The van der Waals surface area contributed by atoms with E-state index in [4.69, 9.17) is 46.1 Å². The SMILES string of the molecule is CCOC(OCC)[SiH2]CN1CC(COCCCCOCC2CN(C[SiH2]C(OCC)OCC)C[Si](C)(OCC)O2)O[Si](C)(OCC)C1. The Balaban J connectivity index is 1.71. The number of nitrogens with zero attached hydrogens (tertiary/aromatic N) is 2. The van der Waals surface area contributed by atoms with Crippen molar-refractivity contribution >= 4 is 36.2 Å². The molecule has 2 aliphatic rings. The largest absolute Gasteiger partial charge is 0.394 e. The summed E-state index contributed by atoms with van der Waals surface area (Å²) in [7, 11) is -5.72. The summed E-state index contributed by atoms with van der Waals surface area (Å²) < 4.78 is 60.8. The lowest BCUT2D eigenvalue weighted by Crippen LogP contribution is -2.61. The van der Waals surface area contributed by atoms with Crippen LogP contribution >= 0.6 is 0 Å². The van der Waals surface area contributed by atoms with Gasteiger partial charge in [-0.15, -0.1) is 0 Å². The second-order valence-electron chi connectivity index (χ2n) is 12.2. The van der Waals surface area contributed by atoms with Crippen molar-refractivity contribution in [1.29, 1.82) is 0 Å². The lowest BCUT2D eigenvalue weighted by molar-refractivity contribution is -0.0841. The van der Waals surface area contributed by atoms with Crippen LogP contribution in [0, 0.1) is 0 Å². The molecule has 2 aliphatic heterocycles. The molecule has 46 heavy (non-hydrogen) atoms. The smallest absolute Gasteiger partial charge is 0.349 e. The second-order valence-corrected chi connectivity index (χ2v) is 21.8. The van der Waals surface area contributed by atoms with Crippen LogP contribution in [0.4, 0.5) is 0 Å². The summed E-state index contributed by atoms with van der Waals surface area (Å²) in [6, 6.07) is 0. The molecule has 274 valence electrons. The normalized spacial score (nSPS) is 27.0. The third-order valence-corrected chi connectivity index (χ3v) is 17.1. The molecule has 2 saturated heterocycles. The molecule has 0 aromatic heterocycles. The van der Waals surface area contributed by atoms with Crippen LogP contribution in [0.25, 0.3) is 0 Å². The van der Waals surface area contributed by atoms with E-state index in [1.54, 1.807) is 0 Å². The molecule has 0 amide bonds. The molecule has 16 heteroatoms. The van der Waals surface area contributed by atoms with Gasteiger partial charge in [-0.2, -0.15) is 0 Å². The van der Waals surface area contributed by atoms with Crippen molar-refractivity contribution in [1.82, 2.24) is 9.80 Å². The Bertz CT molecular complexity index is 700. The van der Waals surface area contributed by atoms with Crippen molar-refractivity contribution in [2.24, 2.45) is 0 Å². The molecule has 0 aliphatic carbocycles. The Kier molecular flexibility index (Phi) is 22.7. The Labute approximate surface area is 286 Å². The van der Waals surface area contributed by atoms with Gasteiger partial charge < -0.3 is 55.9 Å². The van der Waals surface area contributed by atoms with Crippen molar-refractivity contribution in [3.05, 3.63) is 0 Å². The first-order valence-electron chi connectivity index (χ1n) is 17.9. The number of hydrogen-bond acceptors (Lipinski definition) is 12. The van der Waals surface area contributed by atoms with Crippen LogP contribution < -0.4 is 0 Å². The zero-order valence-electron chi connectivity index (χ0n) is 30.4. The van der Waals surface area contributed by atoms with Crippen LogP contribution in [-0.2, 0) is 46.1 Å². The summed E-state index contributed by atoms with van der Waals surface area (Å²) in [5.41, 5.74) is 0. The maximum Gasteiger partial charge on any atom is 0.349 e. The van der Waals surface area contributed by atoms with Gasteiger partial charge in [0.25, 0.3) is 0 Å². The van der Waals surface area contributed by atoms with Crippen molar-refractivity contribution < 1.29 is 46.1 Å². The number of ether oxygens (including phenoxy) is 6. The van der Waals surface area contributed by atoms with Crippen molar-refractivity contribution in [3.63, 3.8) is 0 Å². The van der Waals surface area contributed by atoms with Crippen LogP contribution in [0.3, 0.4) is 0 Å². The molecule has 4 unspecified atom stereocenters. The summed E-state index contributed by atoms with van der Waals surface area (Å²) in [5.74, 6) is -0.0641. The zero-order valence-corrected chi connectivity index (χ0v) is 35.3. The van der Waals surface area contributed by atoms with Gasteiger partial charge in [-0.3, -0.25) is 0 Å². The predicted molar refractivity (Wildman–Crippen MR) is 191 cm³/mol. The van der Waals surface area contributed by atoms with E-state index in [-0.39, 0.29) is 24.0 Å². The molecule has 4 atom stereocenters. The molecule has 2 heterocycles. The minimum Gasteiger partial charge on any atom is -0.394 e. The second kappa shape index (κ2) is 24.5. The summed E-state index contributed by atoms with van der Waals surface area (Å²) in [4.78, 5) is 4.99. The first-order chi connectivity index (χ1) is 22.2. The molecule has 2 rings (SSSR count). The van der Waals surface area contributed by atoms with Crippen LogP contribution in [0.5, 0.6) is 0 Å². The van der Waals surface area contributed by atoms with Crippen molar-refractivity contribution in [2.75, 3.05) is 104 Å². The maximum atomic E-state index is 6.50. The van der Waals surface area contributed by atoms with Crippen LogP contribution in [0.1, 0.15) is 54.4 Å². The molecule has 0 bridgehead atoms. The molecule has 0 spiro atoms. The molecule has 0 N–H and O–H groups in total. The fourth-order valence-corrected chi connectivity index (χ4v) is 15.9. The van der Waals surface area contributed by atoms with Gasteiger partial charge >= 0.3 is 17.1 Å². The number of rotatable bonds is 27. The molecule has 12 nitrogen and oxygen atoms in total. The monoisotopic (exact) mass is 728 g/mol. The molecular formula is C30H68N2O10Si4. The van der Waals surface area contributed by atoms with Crippen LogP contribution in [-0.4, -0.2) is 174 Å². The van der Waals surface area contributed by atoms with Gasteiger partial charge in [-0.1, -0.05) is 0 Å². The highest BCUT2D eigenvalue weighted by atomic mass is 28.4. The van der Waals surface area contributed by atoms with E-state index < -0.39 is 36.2 Å². The van der Waals surface area contributed by atoms with E-state index in [0.717, 1.165) is 50.6 Å². The standard InChI is InChI=1S/C30H68N2O10Si4/c1-9-35-29(36-10-2)43-23-31-19-27(41-45(7,25-31)39-13-5)21-33-17-15-16-18-34-22-28-20-32(26-46(8,42-28)40-14-6)24-44-30(37-11-3)38-12-4/h27-30H,9-26,43-44H2,1-8H3. The first kappa shape index (κ1) is 42.6. The van der Waals surface area contributed by atoms with E-state index in [9.17, 15) is 0 Å². The number of unbranched alkanes of at least 4 members (excludes halogenated alkanes) is 1.